The van der Waals surface area contributed by atoms with Crippen LogP contribution in [-0.4, -0.2) is 30.5 Å². The van der Waals surface area contributed by atoms with Crippen LogP contribution >= 0.6 is 0 Å². The van der Waals surface area contributed by atoms with Crippen LogP contribution in [0.1, 0.15) is 45.2 Å². The highest BCUT2D eigenvalue weighted by molar-refractivity contribution is 7.85. The molecule has 2 aromatic rings. The molecule has 7 heteroatoms. The van der Waals surface area contributed by atoms with Crippen molar-refractivity contribution in [3.8, 4) is 0 Å². The summed E-state index contributed by atoms with van der Waals surface area (Å²) in [5, 5.41) is 6.89. The fraction of sp³-hybridized carbons (Fsp3) is 0.429. The number of hydrogen-bond acceptors (Lipinski definition) is 4. The summed E-state index contributed by atoms with van der Waals surface area (Å²) in [4.78, 5) is 0. The van der Waals surface area contributed by atoms with Gasteiger partial charge in [0.1, 0.15) is 6.54 Å². The Balaban J connectivity index is 1.75. The van der Waals surface area contributed by atoms with Gasteiger partial charge in [0.25, 0.3) is 10.1 Å². The average Bonchev–Trinajstić information content (AvgIpc) is 2.76. The second-order valence-electron chi connectivity index (χ2n) is 8.27. The van der Waals surface area contributed by atoms with E-state index in [0.29, 0.717) is 13.0 Å². The van der Waals surface area contributed by atoms with E-state index in [1.54, 1.807) is 0 Å². The molecule has 0 amide bonds. The number of anilines is 1. The summed E-state index contributed by atoms with van der Waals surface area (Å²) in [7, 11) is -3.91. The van der Waals surface area contributed by atoms with Crippen LogP contribution < -0.4 is 9.58 Å². The van der Waals surface area contributed by atoms with Gasteiger partial charge in [0.2, 0.25) is 0 Å². The molecule has 1 aliphatic rings. The maximum Gasteiger partial charge on any atom is 0.265 e. The van der Waals surface area contributed by atoms with Gasteiger partial charge in [-0.3, -0.25) is 9.56 Å². The summed E-state index contributed by atoms with van der Waals surface area (Å²) >= 11 is 0. The molecule has 0 saturated carbocycles. The second kappa shape index (κ2) is 7.29. The molecule has 0 spiro atoms. The van der Waals surface area contributed by atoms with Gasteiger partial charge in [0.15, 0.2) is 12.4 Å². The summed E-state index contributed by atoms with van der Waals surface area (Å²) in [6.07, 6.45) is 5.99. The molecule has 0 fully saturated rings. The number of nitrogens with zero attached hydrogens (tertiary/aromatic N) is 3. The number of hydrogen-bond donors (Lipinski definition) is 1. The molecule has 0 atom stereocenters. The number of aromatic nitrogens is 1. The zero-order chi connectivity index (χ0) is 20.6. The SMILES string of the molecule is CC1(C)c2ccccc2N(/N=C/c2cc[n+](CCCS(=O)(=O)O)cc2)C1(C)C. The van der Waals surface area contributed by atoms with Crippen LogP contribution in [0.15, 0.2) is 53.9 Å². The number of rotatable bonds is 6. The molecule has 2 heterocycles. The lowest BCUT2D eigenvalue weighted by atomic mass is 9.73. The molecule has 1 aliphatic heterocycles. The highest BCUT2D eigenvalue weighted by atomic mass is 32.2. The molecule has 0 radical (unpaired) electrons. The molecule has 1 aromatic carbocycles. The van der Waals surface area contributed by atoms with Crippen molar-refractivity contribution in [1.29, 1.82) is 0 Å². The van der Waals surface area contributed by atoms with Gasteiger partial charge in [-0.1, -0.05) is 32.0 Å². The van der Waals surface area contributed by atoms with Gasteiger partial charge < -0.3 is 0 Å². The van der Waals surface area contributed by atoms with E-state index >= 15 is 0 Å². The van der Waals surface area contributed by atoms with E-state index in [-0.39, 0.29) is 16.7 Å². The number of pyridine rings is 1. The Labute approximate surface area is 167 Å². The van der Waals surface area contributed by atoms with Gasteiger partial charge in [0.05, 0.1) is 23.2 Å². The topological polar surface area (TPSA) is 73.8 Å². The first kappa shape index (κ1) is 20.5. The third-order valence-electron chi connectivity index (χ3n) is 5.92. The van der Waals surface area contributed by atoms with Crippen molar-refractivity contribution in [2.75, 3.05) is 10.8 Å². The first-order valence-corrected chi connectivity index (χ1v) is 11.0. The van der Waals surface area contributed by atoms with Crippen LogP contribution in [0.5, 0.6) is 0 Å². The van der Waals surface area contributed by atoms with Crippen LogP contribution in [-0.2, 0) is 22.1 Å². The van der Waals surface area contributed by atoms with E-state index in [4.69, 9.17) is 9.65 Å². The Morgan fingerprint density at radius 3 is 2.39 bits per heavy atom. The molecule has 28 heavy (non-hydrogen) atoms. The van der Waals surface area contributed by atoms with Crippen LogP contribution in [0.2, 0.25) is 0 Å². The molecule has 3 rings (SSSR count). The van der Waals surface area contributed by atoms with Crippen LogP contribution in [0.3, 0.4) is 0 Å². The first-order valence-electron chi connectivity index (χ1n) is 9.40. The number of hydrazone groups is 1. The molecule has 1 N–H and O–H groups in total. The minimum absolute atomic E-state index is 0.0340. The fourth-order valence-corrected chi connectivity index (χ4v) is 4.04. The minimum atomic E-state index is -3.91. The van der Waals surface area contributed by atoms with Crippen molar-refractivity contribution in [2.24, 2.45) is 5.10 Å². The summed E-state index contributed by atoms with van der Waals surface area (Å²) < 4.78 is 32.3. The molecule has 1 aromatic heterocycles. The molecular formula is C21H28N3O3S+. The van der Waals surface area contributed by atoms with Crippen molar-refractivity contribution < 1.29 is 17.5 Å². The lowest BCUT2D eigenvalue weighted by molar-refractivity contribution is -0.696. The van der Waals surface area contributed by atoms with Crippen LogP contribution in [0, 0.1) is 0 Å². The van der Waals surface area contributed by atoms with Gasteiger partial charge >= 0.3 is 0 Å². The van der Waals surface area contributed by atoms with Gasteiger partial charge in [-0.15, -0.1) is 0 Å². The normalized spacial score (nSPS) is 17.8. The maximum atomic E-state index is 10.8. The number of benzene rings is 1. The standard InChI is InChI=1S/C21H27N3O3S/c1-20(2)18-8-5-6-9-19(18)24(21(20,3)4)22-16-17-10-13-23(14-11-17)12-7-15-28(25,26)27/h5-6,8-11,13-14,16H,7,12,15H2,1-4H3/p+1. The molecule has 150 valence electrons. The van der Waals surface area contributed by atoms with E-state index in [1.165, 1.54) is 5.56 Å². The Morgan fingerprint density at radius 2 is 1.75 bits per heavy atom. The monoisotopic (exact) mass is 402 g/mol. The Kier molecular flexibility index (Phi) is 5.34. The quantitative estimate of drug-likeness (QED) is 0.458. The van der Waals surface area contributed by atoms with Crippen molar-refractivity contribution in [2.45, 2.75) is 51.6 Å². The second-order valence-corrected chi connectivity index (χ2v) is 9.84. The van der Waals surface area contributed by atoms with Crippen molar-refractivity contribution in [3.63, 3.8) is 0 Å². The van der Waals surface area contributed by atoms with Crippen molar-refractivity contribution >= 4 is 22.0 Å². The molecule has 0 aliphatic carbocycles. The average molecular weight is 403 g/mol. The zero-order valence-corrected chi connectivity index (χ0v) is 17.6. The van der Waals surface area contributed by atoms with E-state index < -0.39 is 10.1 Å². The first-order chi connectivity index (χ1) is 13.0. The minimum Gasteiger partial charge on any atom is -0.286 e. The van der Waals surface area contributed by atoms with Gasteiger partial charge in [-0.2, -0.15) is 13.5 Å². The molecule has 0 unspecified atom stereocenters. The summed E-state index contributed by atoms with van der Waals surface area (Å²) in [6, 6.07) is 12.3. The molecule has 6 nitrogen and oxygen atoms in total. The molecule has 0 saturated heterocycles. The predicted octanol–water partition coefficient (Wildman–Crippen LogP) is 3.16. The van der Waals surface area contributed by atoms with E-state index in [1.807, 2.05) is 41.4 Å². The van der Waals surface area contributed by atoms with Gasteiger partial charge in [-0.25, -0.2) is 4.57 Å². The fourth-order valence-electron chi connectivity index (χ4n) is 3.55. The van der Waals surface area contributed by atoms with E-state index in [9.17, 15) is 8.42 Å². The molecular weight excluding hydrogens is 374 g/mol. The third kappa shape index (κ3) is 3.95. The lowest BCUT2D eigenvalue weighted by Crippen LogP contribution is -2.48. The highest BCUT2D eigenvalue weighted by Gasteiger charge is 2.50. The summed E-state index contributed by atoms with van der Waals surface area (Å²) in [6.45, 7) is 9.44. The largest absolute Gasteiger partial charge is 0.286 e. The van der Waals surface area contributed by atoms with Crippen LogP contribution in [0.4, 0.5) is 5.69 Å². The van der Waals surface area contributed by atoms with E-state index in [2.05, 4.69) is 50.9 Å². The Morgan fingerprint density at radius 1 is 1.11 bits per heavy atom. The maximum absolute atomic E-state index is 10.8. The lowest BCUT2D eigenvalue weighted by Gasteiger charge is -2.39. The number of para-hydroxylation sites is 1. The summed E-state index contributed by atoms with van der Waals surface area (Å²) in [5.74, 6) is -0.234. The van der Waals surface area contributed by atoms with Crippen LogP contribution in [0.25, 0.3) is 0 Å². The number of fused-ring (bicyclic) bond motifs is 1. The highest BCUT2D eigenvalue weighted by Crippen LogP contribution is 2.51. The zero-order valence-electron chi connectivity index (χ0n) is 16.8. The van der Waals surface area contributed by atoms with Gasteiger partial charge in [-0.05, 0) is 25.5 Å². The smallest absolute Gasteiger partial charge is 0.265 e. The van der Waals surface area contributed by atoms with Crippen molar-refractivity contribution in [3.05, 3.63) is 59.9 Å². The molecule has 0 bridgehead atoms. The summed E-state index contributed by atoms with van der Waals surface area (Å²) in [5.41, 5.74) is 3.18. The van der Waals surface area contributed by atoms with Gasteiger partial charge in [0, 0.05) is 29.5 Å². The van der Waals surface area contributed by atoms with E-state index in [0.717, 1.165) is 11.3 Å². The predicted molar refractivity (Wildman–Crippen MR) is 111 cm³/mol. The Hall–Kier alpha value is -2.25. The third-order valence-corrected chi connectivity index (χ3v) is 6.73. The Bertz CT molecular complexity index is 980. The van der Waals surface area contributed by atoms with Crippen molar-refractivity contribution in [1.82, 2.24) is 0 Å². The number of aryl methyl sites for hydroxylation is 1.